The van der Waals surface area contributed by atoms with Crippen LogP contribution in [-0.2, 0) is 5.75 Å². The third kappa shape index (κ3) is 5.71. The molecule has 1 aromatic heterocycles. The van der Waals surface area contributed by atoms with Crippen molar-refractivity contribution in [1.29, 1.82) is 5.26 Å². The van der Waals surface area contributed by atoms with Gasteiger partial charge >= 0.3 is 0 Å². The van der Waals surface area contributed by atoms with Crippen LogP contribution in [0.1, 0.15) is 22.4 Å². The zero-order valence-electron chi connectivity index (χ0n) is 13.6. The third-order valence-corrected chi connectivity index (χ3v) is 5.86. The number of nitriles is 1. The van der Waals surface area contributed by atoms with Crippen molar-refractivity contribution in [2.75, 3.05) is 11.5 Å². The second kappa shape index (κ2) is 9.33. The van der Waals surface area contributed by atoms with Gasteiger partial charge in [-0.05, 0) is 43.2 Å². The summed E-state index contributed by atoms with van der Waals surface area (Å²) in [5.41, 5.74) is 3.61. The molecule has 0 fully saturated rings. The van der Waals surface area contributed by atoms with Crippen molar-refractivity contribution in [2.24, 2.45) is 0 Å². The van der Waals surface area contributed by atoms with E-state index in [4.69, 9.17) is 11.6 Å². The lowest BCUT2D eigenvalue weighted by molar-refractivity contribution is 0.225. The van der Waals surface area contributed by atoms with E-state index in [0.717, 1.165) is 22.0 Å². The smallest absolute Gasteiger partial charge is 0.114 e. The van der Waals surface area contributed by atoms with E-state index in [0.29, 0.717) is 22.1 Å². The molecule has 1 N–H and O–H groups in total. The number of rotatable bonds is 7. The van der Waals surface area contributed by atoms with E-state index in [1.807, 2.05) is 44.2 Å². The first-order valence-corrected chi connectivity index (χ1v) is 10.0. The molecule has 1 unspecified atom stereocenters. The Morgan fingerprint density at radius 3 is 2.62 bits per heavy atom. The molecule has 0 saturated heterocycles. The summed E-state index contributed by atoms with van der Waals surface area (Å²) in [6, 6.07) is 11.8. The summed E-state index contributed by atoms with van der Waals surface area (Å²) in [4.78, 5) is 4.42. The highest BCUT2D eigenvalue weighted by molar-refractivity contribution is 7.99. The molecule has 0 saturated carbocycles. The Morgan fingerprint density at radius 1 is 1.25 bits per heavy atom. The summed E-state index contributed by atoms with van der Waals surface area (Å²) in [7, 11) is 0. The second-order valence-corrected chi connectivity index (χ2v) is 7.95. The van der Waals surface area contributed by atoms with E-state index in [-0.39, 0.29) is 0 Å². The van der Waals surface area contributed by atoms with Crippen molar-refractivity contribution in [2.45, 2.75) is 30.7 Å². The molecular weight excluding hydrogens is 360 g/mol. The van der Waals surface area contributed by atoms with Gasteiger partial charge in [0.05, 0.1) is 11.7 Å². The maximum atomic E-state index is 10.2. The van der Waals surface area contributed by atoms with Gasteiger partial charge in [0, 0.05) is 28.0 Å². The van der Waals surface area contributed by atoms with Crippen molar-refractivity contribution in [3.8, 4) is 6.07 Å². The van der Waals surface area contributed by atoms with Crippen LogP contribution in [0, 0.1) is 25.2 Å². The Kier molecular flexibility index (Phi) is 7.44. The molecule has 0 aliphatic rings. The number of benzene rings is 1. The van der Waals surface area contributed by atoms with Crippen LogP contribution in [0.5, 0.6) is 0 Å². The third-order valence-electron chi connectivity index (χ3n) is 3.33. The van der Waals surface area contributed by atoms with Crippen LogP contribution in [-0.4, -0.2) is 27.7 Å². The molecule has 2 rings (SSSR count). The van der Waals surface area contributed by atoms with Gasteiger partial charge in [-0.3, -0.25) is 0 Å². The standard InChI is InChI=1S/C18H19ClN2OS2/c1-12-7-13(2)21-18(17(12)8-20)24-11-16(22)10-23-9-14-3-5-15(19)6-4-14/h3-7,16,22H,9-11H2,1-2H3. The maximum absolute atomic E-state index is 10.2. The summed E-state index contributed by atoms with van der Waals surface area (Å²) in [6.45, 7) is 3.83. The molecule has 1 aromatic carbocycles. The molecular formula is C18H19ClN2OS2. The minimum Gasteiger partial charge on any atom is -0.391 e. The van der Waals surface area contributed by atoms with E-state index in [9.17, 15) is 10.4 Å². The summed E-state index contributed by atoms with van der Waals surface area (Å²) in [5.74, 6) is 2.00. The topological polar surface area (TPSA) is 56.9 Å². The quantitative estimate of drug-likeness (QED) is 0.713. The normalized spacial score (nSPS) is 12.0. The number of aryl methyl sites for hydroxylation is 2. The van der Waals surface area contributed by atoms with Gasteiger partial charge in [0.2, 0.25) is 0 Å². The molecule has 0 amide bonds. The van der Waals surface area contributed by atoms with Crippen LogP contribution in [0.2, 0.25) is 5.02 Å². The Bertz CT molecular complexity index is 729. The molecule has 1 atom stereocenters. The molecule has 0 radical (unpaired) electrons. The van der Waals surface area contributed by atoms with Crippen LogP contribution >= 0.6 is 35.1 Å². The van der Waals surface area contributed by atoms with Crippen molar-refractivity contribution >= 4 is 35.1 Å². The molecule has 6 heteroatoms. The van der Waals surface area contributed by atoms with E-state index in [1.54, 1.807) is 11.8 Å². The Morgan fingerprint density at radius 2 is 1.96 bits per heavy atom. The van der Waals surface area contributed by atoms with Gasteiger partial charge in [-0.1, -0.05) is 23.7 Å². The highest BCUT2D eigenvalue weighted by Gasteiger charge is 2.12. The number of aliphatic hydroxyl groups is 1. The Labute approximate surface area is 156 Å². The van der Waals surface area contributed by atoms with Gasteiger partial charge < -0.3 is 5.11 Å². The van der Waals surface area contributed by atoms with Crippen LogP contribution in [0.3, 0.4) is 0 Å². The van der Waals surface area contributed by atoms with Crippen molar-refractivity contribution < 1.29 is 5.11 Å². The molecule has 0 bridgehead atoms. The highest BCUT2D eigenvalue weighted by Crippen LogP contribution is 2.25. The van der Waals surface area contributed by atoms with Gasteiger partial charge in [0.25, 0.3) is 0 Å². The summed E-state index contributed by atoms with van der Waals surface area (Å²) >= 11 is 8.99. The zero-order valence-corrected chi connectivity index (χ0v) is 16.0. The van der Waals surface area contributed by atoms with Gasteiger partial charge in [0.1, 0.15) is 11.1 Å². The molecule has 24 heavy (non-hydrogen) atoms. The number of hydrogen-bond donors (Lipinski definition) is 1. The van der Waals surface area contributed by atoms with Crippen molar-refractivity contribution in [1.82, 2.24) is 4.98 Å². The SMILES string of the molecule is Cc1cc(C)c(C#N)c(SCC(O)CSCc2ccc(Cl)cc2)n1. The first-order valence-electron chi connectivity index (χ1n) is 7.51. The molecule has 2 aromatic rings. The number of thioether (sulfide) groups is 2. The maximum Gasteiger partial charge on any atom is 0.114 e. The van der Waals surface area contributed by atoms with E-state index >= 15 is 0 Å². The molecule has 3 nitrogen and oxygen atoms in total. The van der Waals surface area contributed by atoms with Gasteiger partial charge in [-0.15, -0.1) is 11.8 Å². The lowest BCUT2D eigenvalue weighted by Crippen LogP contribution is -2.13. The average molecular weight is 379 g/mol. The first kappa shape index (κ1) is 19.1. The fraction of sp³-hybridized carbons (Fsp3) is 0.333. The number of aliphatic hydroxyl groups excluding tert-OH is 1. The van der Waals surface area contributed by atoms with Crippen LogP contribution in [0.4, 0.5) is 0 Å². The largest absolute Gasteiger partial charge is 0.391 e. The molecule has 0 spiro atoms. The lowest BCUT2D eigenvalue weighted by Gasteiger charge is -2.11. The lowest BCUT2D eigenvalue weighted by atomic mass is 10.1. The van der Waals surface area contributed by atoms with Crippen LogP contribution in [0.15, 0.2) is 35.4 Å². The number of hydrogen-bond acceptors (Lipinski definition) is 5. The van der Waals surface area contributed by atoms with Gasteiger partial charge in [-0.2, -0.15) is 17.0 Å². The number of pyridine rings is 1. The molecule has 0 aliphatic heterocycles. The predicted octanol–water partition coefficient (Wildman–Crippen LogP) is 4.61. The van der Waals surface area contributed by atoms with Crippen molar-refractivity contribution in [3.63, 3.8) is 0 Å². The van der Waals surface area contributed by atoms with E-state index < -0.39 is 6.10 Å². The zero-order chi connectivity index (χ0) is 17.5. The average Bonchev–Trinajstić information content (AvgIpc) is 2.54. The Balaban J connectivity index is 1.82. The second-order valence-electron chi connectivity index (χ2n) is 5.48. The minimum absolute atomic E-state index is 0.443. The highest BCUT2D eigenvalue weighted by atomic mass is 35.5. The summed E-state index contributed by atoms with van der Waals surface area (Å²) in [5, 5.41) is 20.9. The van der Waals surface area contributed by atoms with Gasteiger partial charge in [-0.25, -0.2) is 4.98 Å². The summed E-state index contributed by atoms with van der Waals surface area (Å²) < 4.78 is 0. The number of nitrogens with zero attached hydrogens (tertiary/aromatic N) is 2. The number of halogens is 1. The fourth-order valence-corrected chi connectivity index (χ4v) is 4.40. The van der Waals surface area contributed by atoms with E-state index in [1.165, 1.54) is 17.3 Å². The first-order chi connectivity index (χ1) is 11.5. The molecule has 0 aliphatic carbocycles. The number of aromatic nitrogens is 1. The molecule has 126 valence electrons. The van der Waals surface area contributed by atoms with Gasteiger partial charge in [0.15, 0.2) is 0 Å². The van der Waals surface area contributed by atoms with Crippen molar-refractivity contribution in [3.05, 3.63) is 57.7 Å². The van der Waals surface area contributed by atoms with Crippen LogP contribution < -0.4 is 0 Å². The fourth-order valence-electron chi connectivity index (χ4n) is 2.16. The predicted molar refractivity (Wildman–Crippen MR) is 103 cm³/mol. The van der Waals surface area contributed by atoms with E-state index in [2.05, 4.69) is 11.1 Å². The monoisotopic (exact) mass is 378 g/mol. The van der Waals surface area contributed by atoms with Crippen LogP contribution in [0.25, 0.3) is 0 Å². The molecule has 1 heterocycles. The minimum atomic E-state index is -0.443. The summed E-state index contributed by atoms with van der Waals surface area (Å²) in [6.07, 6.45) is -0.443. The Hall–Kier alpha value is -1.19.